The van der Waals surface area contributed by atoms with E-state index < -0.39 is 11.7 Å². The molecule has 0 N–H and O–H groups in total. The largest absolute Gasteiger partial charge is 0.357 e. The number of hydrogen-bond donors (Lipinski definition) is 0. The number of fused-ring (bicyclic) bond motifs is 1. The third-order valence-corrected chi connectivity index (χ3v) is 4.07. The summed E-state index contributed by atoms with van der Waals surface area (Å²) < 4.78 is 2.32. The van der Waals surface area contributed by atoms with Gasteiger partial charge in [0.15, 0.2) is 5.78 Å². The van der Waals surface area contributed by atoms with Crippen molar-refractivity contribution < 1.29 is 14.4 Å². The van der Waals surface area contributed by atoms with Crippen LogP contribution < -0.4 is 4.90 Å². The summed E-state index contributed by atoms with van der Waals surface area (Å²) in [4.78, 5) is 37.6. The van der Waals surface area contributed by atoms with E-state index in [-0.39, 0.29) is 12.3 Å². The molecule has 0 radical (unpaired) electrons. The van der Waals surface area contributed by atoms with Crippen LogP contribution in [0.2, 0.25) is 0 Å². The van der Waals surface area contributed by atoms with Gasteiger partial charge < -0.3 is 4.57 Å². The van der Waals surface area contributed by atoms with Crippen molar-refractivity contribution in [2.75, 3.05) is 11.4 Å². The number of nitrogens with zero attached hydrogens (tertiary/aromatic N) is 2. The van der Waals surface area contributed by atoms with Gasteiger partial charge in [0.25, 0.3) is 11.7 Å². The molecule has 6 heteroatoms. The lowest BCUT2D eigenvalue weighted by molar-refractivity contribution is -0.114. The maximum Gasteiger partial charge on any atom is 0.299 e. The van der Waals surface area contributed by atoms with E-state index in [2.05, 4.69) is 15.9 Å². The minimum absolute atomic E-state index is 0.141. The molecule has 1 aromatic heterocycles. The van der Waals surface area contributed by atoms with Crippen molar-refractivity contribution in [1.82, 2.24) is 4.57 Å². The van der Waals surface area contributed by atoms with Crippen LogP contribution in [0.5, 0.6) is 0 Å². The van der Waals surface area contributed by atoms with Crippen LogP contribution >= 0.6 is 15.9 Å². The monoisotopic (exact) mass is 346 g/mol. The Bertz CT molecular complexity index is 779. The number of Topliss-reactive ketones (excluding diaryl/α,β-unsaturated/α-hetero) is 2. The third-order valence-electron chi connectivity index (χ3n) is 3.40. The Balaban J connectivity index is 1.94. The predicted molar refractivity (Wildman–Crippen MR) is 80.6 cm³/mol. The van der Waals surface area contributed by atoms with Gasteiger partial charge in [0, 0.05) is 29.5 Å². The highest BCUT2D eigenvalue weighted by Gasteiger charge is 2.38. The highest BCUT2D eigenvalue weighted by molar-refractivity contribution is 9.10. The molecule has 106 valence electrons. The molecule has 1 amide bonds. The molecule has 5 nitrogen and oxygen atoms in total. The number of aryl methyl sites for hydroxylation is 1. The number of anilines is 1. The van der Waals surface area contributed by atoms with Crippen molar-refractivity contribution in [3.63, 3.8) is 0 Å². The third kappa shape index (κ3) is 2.21. The summed E-state index contributed by atoms with van der Waals surface area (Å²) in [5, 5.41) is 0. The number of carbonyl (C=O) groups excluding carboxylic acids is 3. The second kappa shape index (κ2) is 4.96. The quantitative estimate of drug-likeness (QED) is 0.632. The lowest BCUT2D eigenvalue weighted by Gasteiger charge is -2.15. The molecule has 0 spiro atoms. The summed E-state index contributed by atoms with van der Waals surface area (Å²) in [5.74, 6) is -1.45. The van der Waals surface area contributed by atoms with E-state index >= 15 is 0 Å². The van der Waals surface area contributed by atoms with Gasteiger partial charge in [-0.05, 0) is 34.1 Å². The first kappa shape index (κ1) is 13.8. The molecule has 2 aromatic rings. The molecule has 3 rings (SSSR count). The van der Waals surface area contributed by atoms with Crippen LogP contribution in [-0.2, 0) is 11.8 Å². The first-order chi connectivity index (χ1) is 9.99. The molecule has 0 saturated carbocycles. The van der Waals surface area contributed by atoms with Crippen molar-refractivity contribution in [2.45, 2.75) is 0 Å². The molecular weight excluding hydrogens is 336 g/mol. The maximum absolute atomic E-state index is 12.2. The van der Waals surface area contributed by atoms with E-state index in [0.29, 0.717) is 21.3 Å². The SMILES string of the molecule is Cn1ccc(C(=O)CN2C(=O)C(=O)c3c(Br)cccc32)c1. The van der Waals surface area contributed by atoms with E-state index in [4.69, 9.17) is 0 Å². The number of hydrogen-bond acceptors (Lipinski definition) is 3. The number of aromatic nitrogens is 1. The number of rotatable bonds is 3. The van der Waals surface area contributed by atoms with Crippen LogP contribution in [0.1, 0.15) is 20.7 Å². The molecule has 0 saturated heterocycles. The fourth-order valence-electron chi connectivity index (χ4n) is 2.36. The molecule has 0 fully saturated rings. The van der Waals surface area contributed by atoms with E-state index in [1.54, 1.807) is 41.2 Å². The second-order valence-electron chi connectivity index (χ2n) is 4.84. The summed E-state index contributed by atoms with van der Waals surface area (Å²) in [6.45, 7) is -0.141. The average Bonchev–Trinajstić information content (AvgIpc) is 2.98. The van der Waals surface area contributed by atoms with E-state index in [0.717, 1.165) is 0 Å². The smallest absolute Gasteiger partial charge is 0.299 e. The summed E-state index contributed by atoms with van der Waals surface area (Å²) >= 11 is 3.27. The van der Waals surface area contributed by atoms with Gasteiger partial charge in [0.2, 0.25) is 0 Å². The highest BCUT2D eigenvalue weighted by atomic mass is 79.9. The molecule has 0 bridgehead atoms. The van der Waals surface area contributed by atoms with E-state index in [9.17, 15) is 14.4 Å². The van der Waals surface area contributed by atoms with Gasteiger partial charge in [-0.2, -0.15) is 0 Å². The predicted octanol–water partition coefficient (Wildman–Crippen LogP) is 2.20. The Morgan fingerprint density at radius 3 is 2.67 bits per heavy atom. The zero-order valence-electron chi connectivity index (χ0n) is 11.2. The first-order valence-corrected chi connectivity index (χ1v) is 7.08. The average molecular weight is 347 g/mol. The van der Waals surface area contributed by atoms with Gasteiger partial charge in [-0.25, -0.2) is 0 Å². The standard InChI is InChI=1S/C15H11BrN2O3/c1-17-6-5-9(7-17)12(19)8-18-11-4-2-3-10(16)13(11)14(20)15(18)21/h2-7H,8H2,1H3. The summed E-state index contributed by atoms with van der Waals surface area (Å²) in [5.41, 5.74) is 1.31. The minimum atomic E-state index is -0.666. The number of halogens is 1. The molecule has 1 aliphatic rings. The molecule has 2 heterocycles. The number of amides is 1. The zero-order valence-corrected chi connectivity index (χ0v) is 12.8. The lowest BCUT2D eigenvalue weighted by atomic mass is 10.1. The lowest BCUT2D eigenvalue weighted by Crippen LogP contribution is -2.34. The van der Waals surface area contributed by atoms with Crippen molar-refractivity contribution in [3.8, 4) is 0 Å². The number of benzene rings is 1. The van der Waals surface area contributed by atoms with Crippen molar-refractivity contribution in [1.29, 1.82) is 0 Å². The molecule has 1 aliphatic heterocycles. The Morgan fingerprint density at radius 2 is 2.00 bits per heavy atom. The van der Waals surface area contributed by atoms with Gasteiger partial charge in [-0.3, -0.25) is 19.3 Å². The summed E-state index contributed by atoms with van der Waals surface area (Å²) in [6.07, 6.45) is 3.45. The molecular formula is C15H11BrN2O3. The molecule has 0 atom stereocenters. The Labute approximate surface area is 129 Å². The number of carbonyl (C=O) groups is 3. The fraction of sp³-hybridized carbons (Fsp3) is 0.133. The highest BCUT2D eigenvalue weighted by Crippen LogP contribution is 2.34. The fourth-order valence-corrected chi connectivity index (χ4v) is 2.90. The van der Waals surface area contributed by atoms with Gasteiger partial charge >= 0.3 is 0 Å². The van der Waals surface area contributed by atoms with Gasteiger partial charge in [-0.15, -0.1) is 0 Å². The first-order valence-electron chi connectivity index (χ1n) is 6.29. The Morgan fingerprint density at radius 1 is 1.24 bits per heavy atom. The van der Waals surface area contributed by atoms with Crippen LogP contribution in [0.4, 0.5) is 5.69 Å². The normalized spacial score (nSPS) is 13.7. The Kier molecular flexibility index (Phi) is 3.25. The van der Waals surface area contributed by atoms with Gasteiger partial charge in [0.05, 0.1) is 17.8 Å². The zero-order chi connectivity index (χ0) is 15.1. The molecule has 21 heavy (non-hydrogen) atoms. The molecule has 0 unspecified atom stereocenters. The van der Waals surface area contributed by atoms with E-state index in [1.807, 2.05) is 7.05 Å². The van der Waals surface area contributed by atoms with Crippen LogP contribution in [0.15, 0.2) is 41.1 Å². The Hall–Kier alpha value is -2.21. The van der Waals surface area contributed by atoms with Crippen LogP contribution in [-0.4, -0.2) is 28.6 Å². The van der Waals surface area contributed by atoms with Crippen molar-refractivity contribution >= 4 is 39.1 Å². The molecule has 1 aromatic carbocycles. The number of ketones is 2. The van der Waals surface area contributed by atoms with Crippen molar-refractivity contribution in [2.24, 2.45) is 7.05 Å². The second-order valence-corrected chi connectivity index (χ2v) is 5.70. The maximum atomic E-state index is 12.2. The van der Waals surface area contributed by atoms with Gasteiger partial charge in [0.1, 0.15) is 0 Å². The van der Waals surface area contributed by atoms with Crippen LogP contribution in [0, 0.1) is 0 Å². The molecule has 0 aliphatic carbocycles. The summed E-state index contributed by atoms with van der Waals surface area (Å²) in [6, 6.07) is 6.79. The van der Waals surface area contributed by atoms with Crippen LogP contribution in [0.25, 0.3) is 0 Å². The minimum Gasteiger partial charge on any atom is -0.357 e. The van der Waals surface area contributed by atoms with E-state index in [1.165, 1.54) is 4.90 Å². The van der Waals surface area contributed by atoms with Crippen molar-refractivity contribution in [3.05, 3.63) is 52.3 Å². The summed E-state index contributed by atoms with van der Waals surface area (Å²) in [7, 11) is 1.81. The topological polar surface area (TPSA) is 59.4 Å². The van der Waals surface area contributed by atoms with Crippen LogP contribution in [0.3, 0.4) is 0 Å². The van der Waals surface area contributed by atoms with Gasteiger partial charge in [-0.1, -0.05) is 6.07 Å².